The van der Waals surface area contributed by atoms with Crippen LogP contribution in [-0.4, -0.2) is 58.6 Å². The summed E-state index contributed by atoms with van der Waals surface area (Å²) >= 11 is 1.43. The largest absolute Gasteiger partial charge is 0.460 e. The minimum atomic E-state index is -0.959. The van der Waals surface area contributed by atoms with Crippen LogP contribution in [0.25, 0.3) is 0 Å². The van der Waals surface area contributed by atoms with E-state index in [0.29, 0.717) is 5.56 Å². The monoisotopic (exact) mass is 501 g/mol. The highest BCUT2D eigenvalue weighted by molar-refractivity contribution is 7.13. The van der Waals surface area contributed by atoms with Crippen LogP contribution in [0.2, 0.25) is 0 Å². The van der Waals surface area contributed by atoms with Crippen LogP contribution in [-0.2, 0) is 19.1 Å². The van der Waals surface area contributed by atoms with Gasteiger partial charge in [-0.25, -0.2) is 9.78 Å². The van der Waals surface area contributed by atoms with Crippen molar-refractivity contribution in [1.29, 1.82) is 0 Å². The molecule has 0 bridgehead atoms. The lowest BCUT2D eigenvalue weighted by molar-refractivity contribution is -0.162. The molecule has 0 unspecified atom stereocenters. The van der Waals surface area contributed by atoms with Gasteiger partial charge in [-0.2, -0.15) is 0 Å². The SMILES string of the molecule is CNc1nc([C@H]2CN(C(=O)c3ccccc3)[C@H](C(=O)OC(C)(C)C)[C@H]2CC(=O)OC(C)(C)C)cs1. The quantitative estimate of drug-likeness (QED) is 0.583. The Kier molecular flexibility index (Phi) is 7.89. The molecule has 1 aliphatic rings. The second-order valence-electron chi connectivity index (χ2n) is 10.7. The molecule has 190 valence electrons. The van der Waals surface area contributed by atoms with Gasteiger partial charge in [-0.3, -0.25) is 9.59 Å². The number of hydrogen-bond donors (Lipinski definition) is 1. The number of anilines is 1. The lowest BCUT2D eigenvalue weighted by Gasteiger charge is -2.30. The number of carbonyl (C=O) groups excluding carboxylic acids is 3. The molecule has 1 aromatic heterocycles. The Hall–Kier alpha value is -2.94. The molecule has 3 atom stereocenters. The fraction of sp³-hybridized carbons (Fsp3) is 0.538. The summed E-state index contributed by atoms with van der Waals surface area (Å²) < 4.78 is 11.3. The third-order valence-corrected chi connectivity index (χ3v) is 6.40. The summed E-state index contributed by atoms with van der Waals surface area (Å²) in [7, 11) is 1.78. The van der Waals surface area contributed by atoms with Gasteiger partial charge in [0.25, 0.3) is 5.91 Å². The predicted molar refractivity (Wildman–Crippen MR) is 135 cm³/mol. The molecule has 1 fully saturated rings. The molecule has 2 aromatic rings. The van der Waals surface area contributed by atoms with E-state index in [1.165, 1.54) is 16.2 Å². The maximum Gasteiger partial charge on any atom is 0.329 e. The highest BCUT2D eigenvalue weighted by atomic mass is 32.1. The van der Waals surface area contributed by atoms with E-state index in [-0.39, 0.29) is 24.8 Å². The number of esters is 2. The van der Waals surface area contributed by atoms with Crippen LogP contribution in [0.5, 0.6) is 0 Å². The van der Waals surface area contributed by atoms with Crippen LogP contribution < -0.4 is 5.32 Å². The van der Waals surface area contributed by atoms with Crippen molar-refractivity contribution in [3.63, 3.8) is 0 Å². The Morgan fingerprint density at radius 1 is 1.06 bits per heavy atom. The third kappa shape index (κ3) is 6.81. The number of thiazole rings is 1. The molecule has 3 rings (SSSR count). The second-order valence-corrected chi connectivity index (χ2v) is 11.5. The number of aromatic nitrogens is 1. The highest BCUT2D eigenvalue weighted by Gasteiger charge is 2.51. The smallest absolute Gasteiger partial charge is 0.329 e. The average Bonchev–Trinajstić information content (AvgIpc) is 3.36. The molecule has 1 saturated heterocycles. The molecule has 2 heterocycles. The first-order valence-electron chi connectivity index (χ1n) is 11.7. The fourth-order valence-electron chi connectivity index (χ4n) is 4.25. The Labute approximate surface area is 211 Å². The molecule has 35 heavy (non-hydrogen) atoms. The van der Waals surface area contributed by atoms with Crippen LogP contribution in [0, 0.1) is 5.92 Å². The predicted octanol–water partition coefficient (Wildman–Crippen LogP) is 4.48. The fourth-order valence-corrected chi connectivity index (χ4v) is 4.98. The van der Waals surface area contributed by atoms with Gasteiger partial charge in [0.15, 0.2) is 5.13 Å². The lowest BCUT2D eigenvalue weighted by atomic mass is 9.85. The summed E-state index contributed by atoms with van der Waals surface area (Å²) in [6.45, 7) is 11.0. The maximum atomic E-state index is 13.6. The summed E-state index contributed by atoms with van der Waals surface area (Å²) in [5, 5.41) is 5.65. The summed E-state index contributed by atoms with van der Waals surface area (Å²) in [6, 6.07) is 7.86. The van der Waals surface area contributed by atoms with Crippen molar-refractivity contribution < 1.29 is 23.9 Å². The van der Waals surface area contributed by atoms with Crippen LogP contribution in [0.15, 0.2) is 35.7 Å². The first kappa shape index (κ1) is 26.7. The van der Waals surface area contributed by atoms with Gasteiger partial charge in [0.05, 0.1) is 12.1 Å². The first-order valence-corrected chi connectivity index (χ1v) is 12.6. The van der Waals surface area contributed by atoms with E-state index in [0.717, 1.165) is 10.8 Å². The molecule has 1 aromatic carbocycles. The Morgan fingerprint density at radius 2 is 1.69 bits per heavy atom. The van der Waals surface area contributed by atoms with Crippen molar-refractivity contribution in [2.45, 2.75) is 71.1 Å². The van der Waals surface area contributed by atoms with Gasteiger partial charge in [0.2, 0.25) is 0 Å². The molecule has 0 aliphatic carbocycles. The summed E-state index contributed by atoms with van der Waals surface area (Å²) in [6.07, 6.45) is -0.0448. The van der Waals surface area contributed by atoms with E-state index in [9.17, 15) is 14.4 Å². The van der Waals surface area contributed by atoms with Gasteiger partial charge in [0.1, 0.15) is 17.2 Å². The first-order chi connectivity index (χ1) is 16.3. The van der Waals surface area contributed by atoms with Crippen molar-refractivity contribution in [2.75, 3.05) is 18.9 Å². The summed E-state index contributed by atoms with van der Waals surface area (Å²) in [4.78, 5) is 46.2. The number of carbonyl (C=O) groups is 3. The van der Waals surface area contributed by atoms with E-state index in [1.807, 2.05) is 11.4 Å². The van der Waals surface area contributed by atoms with Gasteiger partial charge < -0.3 is 19.7 Å². The van der Waals surface area contributed by atoms with E-state index in [2.05, 4.69) is 10.3 Å². The average molecular weight is 502 g/mol. The Morgan fingerprint density at radius 3 is 2.23 bits per heavy atom. The highest BCUT2D eigenvalue weighted by Crippen LogP contribution is 2.42. The van der Waals surface area contributed by atoms with E-state index in [4.69, 9.17) is 9.47 Å². The van der Waals surface area contributed by atoms with Gasteiger partial charge in [-0.05, 0) is 53.7 Å². The minimum absolute atomic E-state index is 0.0448. The van der Waals surface area contributed by atoms with Crippen molar-refractivity contribution in [3.05, 3.63) is 47.0 Å². The number of rotatable bonds is 6. The maximum absolute atomic E-state index is 13.6. The van der Waals surface area contributed by atoms with Crippen molar-refractivity contribution in [3.8, 4) is 0 Å². The number of amides is 1. The zero-order valence-electron chi connectivity index (χ0n) is 21.5. The van der Waals surface area contributed by atoms with Crippen molar-refractivity contribution in [1.82, 2.24) is 9.88 Å². The third-order valence-electron chi connectivity index (χ3n) is 5.52. The normalized spacial score (nSPS) is 20.4. The van der Waals surface area contributed by atoms with E-state index in [1.54, 1.807) is 72.9 Å². The molecule has 9 heteroatoms. The molecule has 8 nitrogen and oxygen atoms in total. The number of nitrogens with zero attached hydrogens (tertiary/aromatic N) is 2. The zero-order chi connectivity index (χ0) is 26.0. The molecular formula is C26H35N3O5S. The van der Waals surface area contributed by atoms with E-state index < -0.39 is 35.1 Å². The molecule has 0 saturated carbocycles. The number of hydrogen-bond acceptors (Lipinski definition) is 8. The van der Waals surface area contributed by atoms with E-state index >= 15 is 0 Å². The van der Waals surface area contributed by atoms with Crippen LogP contribution in [0.3, 0.4) is 0 Å². The number of benzene rings is 1. The molecule has 1 amide bonds. The number of likely N-dealkylation sites (tertiary alicyclic amines) is 1. The van der Waals surface area contributed by atoms with Gasteiger partial charge in [-0.1, -0.05) is 18.2 Å². The standard InChI is InChI=1S/C26H35N3O5S/c1-25(2,3)33-20(30)13-17-18(19-15-35-24(27-7)28-19)14-29(21(17)23(32)34-26(4,5)6)22(31)16-11-9-8-10-12-16/h8-12,15,17-18,21H,13-14H2,1-7H3,(H,27,28)/t17-,18-,21-/m0/s1. The van der Waals surface area contributed by atoms with Crippen LogP contribution in [0.1, 0.15) is 69.9 Å². The zero-order valence-corrected chi connectivity index (χ0v) is 22.3. The molecule has 0 radical (unpaired) electrons. The van der Waals surface area contributed by atoms with Gasteiger partial charge in [-0.15, -0.1) is 11.3 Å². The molecule has 1 N–H and O–H groups in total. The van der Waals surface area contributed by atoms with Crippen molar-refractivity contribution >= 4 is 34.3 Å². The molecular weight excluding hydrogens is 466 g/mol. The summed E-state index contributed by atoms with van der Waals surface area (Å²) in [5.41, 5.74) is -0.240. The molecule has 0 spiro atoms. The van der Waals surface area contributed by atoms with Crippen molar-refractivity contribution in [2.24, 2.45) is 5.92 Å². The molecule has 1 aliphatic heterocycles. The van der Waals surface area contributed by atoms with Gasteiger partial charge in [0, 0.05) is 36.4 Å². The lowest BCUT2D eigenvalue weighted by Crippen LogP contribution is -2.46. The number of nitrogens with one attached hydrogen (secondary N) is 1. The van der Waals surface area contributed by atoms with Crippen LogP contribution in [0.4, 0.5) is 5.13 Å². The Balaban J connectivity index is 2.05. The summed E-state index contributed by atoms with van der Waals surface area (Å²) in [5.74, 6) is -2.16. The number of ether oxygens (including phenoxy) is 2. The Bertz CT molecular complexity index is 1050. The van der Waals surface area contributed by atoms with Crippen LogP contribution >= 0.6 is 11.3 Å². The minimum Gasteiger partial charge on any atom is -0.460 e. The topological polar surface area (TPSA) is 97.8 Å². The van der Waals surface area contributed by atoms with Gasteiger partial charge >= 0.3 is 11.9 Å². The second kappa shape index (κ2) is 10.4.